The average molecular weight is 263 g/mol. The van der Waals surface area contributed by atoms with Gasteiger partial charge in [0.15, 0.2) is 11.5 Å². The van der Waals surface area contributed by atoms with Gasteiger partial charge in [-0.2, -0.15) is 13.2 Å². The Morgan fingerprint density at radius 3 is 2.44 bits per heavy atom. The standard InChI is InChI=1S/C12H16F3NO2/c1-3-18-11-6-8(4-5-10(11)17-2)9(16)7-12(13,14)15/h4-6,9H,3,7,16H2,1-2H3/t9-/m1/s1. The van der Waals surface area contributed by atoms with Gasteiger partial charge in [0, 0.05) is 6.04 Å². The third kappa shape index (κ3) is 4.10. The Hall–Kier alpha value is -1.43. The van der Waals surface area contributed by atoms with E-state index in [1.165, 1.54) is 19.2 Å². The summed E-state index contributed by atoms with van der Waals surface area (Å²) in [5, 5.41) is 0. The van der Waals surface area contributed by atoms with Gasteiger partial charge in [0.2, 0.25) is 0 Å². The molecule has 0 unspecified atom stereocenters. The highest BCUT2D eigenvalue weighted by atomic mass is 19.4. The van der Waals surface area contributed by atoms with E-state index in [4.69, 9.17) is 15.2 Å². The van der Waals surface area contributed by atoms with Crippen LogP contribution < -0.4 is 15.2 Å². The van der Waals surface area contributed by atoms with Crippen LogP contribution in [-0.2, 0) is 0 Å². The fourth-order valence-corrected chi connectivity index (χ4v) is 1.56. The first-order valence-electron chi connectivity index (χ1n) is 5.50. The molecule has 1 aromatic carbocycles. The lowest BCUT2D eigenvalue weighted by Gasteiger charge is -2.17. The zero-order valence-corrected chi connectivity index (χ0v) is 10.3. The molecule has 18 heavy (non-hydrogen) atoms. The summed E-state index contributed by atoms with van der Waals surface area (Å²) in [6, 6.07) is 3.45. The number of hydrogen-bond donors (Lipinski definition) is 1. The molecule has 0 amide bonds. The molecule has 0 aromatic heterocycles. The zero-order chi connectivity index (χ0) is 13.8. The van der Waals surface area contributed by atoms with Gasteiger partial charge >= 0.3 is 6.18 Å². The fraction of sp³-hybridized carbons (Fsp3) is 0.500. The molecule has 0 spiro atoms. The lowest BCUT2D eigenvalue weighted by atomic mass is 10.0. The summed E-state index contributed by atoms with van der Waals surface area (Å²) in [4.78, 5) is 0. The molecule has 0 fully saturated rings. The molecular formula is C12H16F3NO2. The van der Waals surface area contributed by atoms with Gasteiger partial charge in [0.25, 0.3) is 0 Å². The van der Waals surface area contributed by atoms with Crippen LogP contribution in [0.15, 0.2) is 18.2 Å². The molecule has 1 rings (SSSR count). The van der Waals surface area contributed by atoms with Gasteiger partial charge in [-0.05, 0) is 24.6 Å². The van der Waals surface area contributed by atoms with Crippen molar-refractivity contribution in [1.29, 1.82) is 0 Å². The quantitative estimate of drug-likeness (QED) is 0.888. The molecule has 0 aliphatic carbocycles. The molecule has 3 nitrogen and oxygen atoms in total. The minimum Gasteiger partial charge on any atom is -0.493 e. The largest absolute Gasteiger partial charge is 0.493 e. The summed E-state index contributed by atoms with van der Waals surface area (Å²) in [6.07, 6.45) is -5.35. The summed E-state index contributed by atoms with van der Waals surface area (Å²) in [6.45, 7) is 2.18. The van der Waals surface area contributed by atoms with Gasteiger partial charge in [-0.1, -0.05) is 6.07 Å². The Kier molecular flexibility index (Phi) is 4.84. The third-order valence-electron chi connectivity index (χ3n) is 2.37. The SMILES string of the molecule is CCOc1cc([C@H](N)CC(F)(F)F)ccc1OC. The van der Waals surface area contributed by atoms with E-state index in [0.717, 1.165) is 0 Å². The monoisotopic (exact) mass is 263 g/mol. The fourth-order valence-electron chi connectivity index (χ4n) is 1.56. The second-order valence-corrected chi connectivity index (χ2v) is 3.77. The molecule has 0 aliphatic rings. The number of rotatable bonds is 5. The van der Waals surface area contributed by atoms with Crippen LogP contribution in [0.25, 0.3) is 0 Å². The lowest BCUT2D eigenvalue weighted by Crippen LogP contribution is -2.20. The van der Waals surface area contributed by atoms with Gasteiger partial charge < -0.3 is 15.2 Å². The van der Waals surface area contributed by atoms with Crippen molar-refractivity contribution in [2.75, 3.05) is 13.7 Å². The molecule has 1 atom stereocenters. The smallest absolute Gasteiger partial charge is 0.390 e. The maximum absolute atomic E-state index is 12.2. The highest BCUT2D eigenvalue weighted by Crippen LogP contribution is 2.33. The van der Waals surface area contributed by atoms with Crippen molar-refractivity contribution in [2.24, 2.45) is 5.73 Å². The van der Waals surface area contributed by atoms with Crippen LogP contribution in [0.1, 0.15) is 24.9 Å². The van der Waals surface area contributed by atoms with E-state index in [-0.39, 0.29) is 0 Å². The molecular weight excluding hydrogens is 247 g/mol. The van der Waals surface area contributed by atoms with Crippen molar-refractivity contribution >= 4 is 0 Å². The first-order valence-corrected chi connectivity index (χ1v) is 5.50. The second kappa shape index (κ2) is 5.95. The van der Waals surface area contributed by atoms with Crippen LogP contribution in [0, 0.1) is 0 Å². The van der Waals surface area contributed by atoms with Crippen LogP contribution in [0.4, 0.5) is 13.2 Å². The van der Waals surface area contributed by atoms with Crippen molar-refractivity contribution in [2.45, 2.75) is 25.6 Å². The summed E-state index contributed by atoms with van der Waals surface area (Å²) < 4.78 is 47.1. The zero-order valence-electron chi connectivity index (χ0n) is 10.3. The highest BCUT2D eigenvalue weighted by molar-refractivity contribution is 5.43. The van der Waals surface area contributed by atoms with Gasteiger partial charge in [-0.3, -0.25) is 0 Å². The summed E-state index contributed by atoms with van der Waals surface area (Å²) in [5.74, 6) is 0.870. The Balaban J connectivity index is 2.93. The molecule has 102 valence electrons. The number of hydrogen-bond acceptors (Lipinski definition) is 3. The topological polar surface area (TPSA) is 44.5 Å². The highest BCUT2D eigenvalue weighted by Gasteiger charge is 2.31. The van der Waals surface area contributed by atoms with Gasteiger partial charge in [0.05, 0.1) is 20.1 Å². The maximum atomic E-state index is 12.2. The van der Waals surface area contributed by atoms with E-state index < -0.39 is 18.6 Å². The van der Waals surface area contributed by atoms with Crippen molar-refractivity contribution in [3.8, 4) is 11.5 Å². The van der Waals surface area contributed by atoms with E-state index in [1.807, 2.05) is 0 Å². The predicted octanol–water partition coefficient (Wildman–Crippen LogP) is 3.05. The van der Waals surface area contributed by atoms with Crippen LogP contribution in [0.5, 0.6) is 11.5 Å². The summed E-state index contributed by atoms with van der Waals surface area (Å²) >= 11 is 0. The van der Waals surface area contributed by atoms with Gasteiger partial charge in [0.1, 0.15) is 0 Å². The molecule has 6 heteroatoms. The molecule has 0 bridgehead atoms. The summed E-state index contributed by atoms with van der Waals surface area (Å²) in [7, 11) is 1.47. The number of ether oxygens (including phenoxy) is 2. The first-order chi connectivity index (χ1) is 8.37. The number of alkyl halides is 3. The maximum Gasteiger partial charge on any atom is 0.390 e. The van der Waals surface area contributed by atoms with Crippen LogP contribution in [0.3, 0.4) is 0 Å². The number of nitrogens with two attached hydrogens (primary N) is 1. The average Bonchev–Trinajstić information content (AvgIpc) is 2.27. The summed E-state index contributed by atoms with van der Waals surface area (Å²) in [5.41, 5.74) is 5.89. The molecule has 1 aromatic rings. The molecule has 0 saturated heterocycles. The Morgan fingerprint density at radius 2 is 1.94 bits per heavy atom. The minimum atomic E-state index is -4.29. The van der Waals surface area contributed by atoms with E-state index in [2.05, 4.69) is 0 Å². The van der Waals surface area contributed by atoms with E-state index in [1.54, 1.807) is 13.0 Å². The van der Waals surface area contributed by atoms with E-state index in [9.17, 15) is 13.2 Å². The second-order valence-electron chi connectivity index (χ2n) is 3.77. The van der Waals surface area contributed by atoms with Crippen molar-refractivity contribution in [1.82, 2.24) is 0 Å². The Morgan fingerprint density at radius 1 is 1.28 bits per heavy atom. The van der Waals surface area contributed by atoms with Crippen LogP contribution in [-0.4, -0.2) is 19.9 Å². The van der Waals surface area contributed by atoms with E-state index in [0.29, 0.717) is 23.7 Å². The molecule has 0 saturated carbocycles. The van der Waals surface area contributed by atoms with Crippen molar-refractivity contribution in [3.05, 3.63) is 23.8 Å². The van der Waals surface area contributed by atoms with Crippen molar-refractivity contribution < 1.29 is 22.6 Å². The molecule has 0 aliphatic heterocycles. The normalized spacial score (nSPS) is 13.2. The van der Waals surface area contributed by atoms with E-state index >= 15 is 0 Å². The van der Waals surface area contributed by atoms with Crippen molar-refractivity contribution in [3.63, 3.8) is 0 Å². The molecule has 2 N–H and O–H groups in total. The molecule has 0 heterocycles. The van der Waals surface area contributed by atoms with Crippen LogP contribution in [0.2, 0.25) is 0 Å². The van der Waals surface area contributed by atoms with Crippen LogP contribution >= 0.6 is 0 Å². The third-order valence-corrected chi connectivity index (χ3v) is 2.37. The minimum absolute atomic E-state index is 0.372. The first kappa shape index (κ1) is 14.6. The van der Waals surface area contributed by atoms with Gasteiger partial charge in [-0.15, -0.1) is 0 Å². The number of halogens is 3. The predicted molar refractivity (Wildman–Crippen MR) is 61.8 cm³/mol. The number of benzene rings is 1. The van der Waals surface area contributed by atoms with Gasteiger partial charge in [-0.25, -0.2) is 0 Å². The Bertz CT molecular complexity index is 393. The Labute approximate surface area is 104 Å². The molecule has 0 radical (unpaired) electrons. The lowest BCUT2D eigenvalue weighted by molar-refractivity contribution is -0.138. The number of methoxy groups -OCH3 is 1.